The average molecular weight is 270 g/mol. The van der Waals surface area contributed by atoms with Crippen LogP contribution in [-0.4, -0.2) is 16.2 Å². The number of ether oxygens (including phenoxy) is 1. The predicted octanol–water partition coefficient (Wildman–Crippen LogP) is 3.02. The summed E-state index contributed by atoms with van der Waals surface area (Å²) in [7, 11) is 0. The molecule has 0 aliphatic carbocycles. The molecule has 1 aromatic carbocycles. The number of aromatic amines is 1. The normalized spacial score (nSPS) is 11.4. The standard InChI is InChI=1S/C12H9F3N2O2/c1-7(18)19-11-6-10(16-17-11)8-2-4-9(5-3-8)12(13,14)15/h2-6H,1H3,(H,16,17). The highest BCUT2D eigenvalue weighted by Crippen LogP contribution is 2.31. The molecule has 0 bridgehead atoms. The van der Waals surface area contributed by atoms with Gasteiger partial charge in [0.1, 0.15) is 0 Å². The fraction of sp³-hybridized carbons (Fsp3) is 0.167. The fourth-order valence-electron chi connectivity index (χ4n) is 1.49. The van der Waals surface area contributed by atoms with Crippen molar-refractivity contribution in [1.29, 1.82) is 0 Å². The topological polar surface area (TPSA) is 55.0 Å². The molecule has 1 heterocycles. The number of rotatable bonds is 2. The summed E-state index contributed by atoms with van der Waals surface area (Å²) >= 11 is 0. The molecule has 100 valence electrons. The molecule has 7 heteroatoms. The minimum atomic E-state index is -4.37. The van der Waals surface area contributed by atoms with Crippen molar-refractivity contribution in [3.05, 3.63) is 35.9 Å². The first-order valence-corrected chi connectivity index (χ1v) is 5.28. The van der Waals surface area contributed by atoms with E-state index in [9.17, 15) is 18.0 Å². The van der Waals surface area contributed by atoms with Gasteiger partial charge in [-0.1, -0.05) is 12.1 Å². The number of nitrogens with one attached hydrogen (secondary N) is 1. The van der Waals surface area contributed by atoms with E-state index in [2.05, 4.69) is 10.2 Å². The van der Waals surface area contributed by atoms with Crippen molar-refractivity contribution in [2.45, 2.75) is 13.1 Å². The SMILES string of the molecule is CC(=O)Oc1cc(-c2ccc(C(F)(F)F)cc2)n[nH]1. The highest BCUT2D eigenvalue weighted by Gasteiger charge is 2.30. The Balaban J connectivity index is 2.23. The number of aromatic nitrogens is 2. The second kappa shape index (κ2) is 4.75. The van der Waals surface area contributed by atoms with Crippen LogP contribution < -0.4 is 4.74 Å². The lowest BCUT2D eigenvalue weighted by Gasteiger charge is -2.06. The summed E-state index contributed by atoms with van der Waals surface area (Å²) in [6.45, 7) is 1.23. The predicted molar refractivity (Wildman–Crippen MR) is 60.3 cm³/mol. The second-order valence-electron chi connectivity index (χ2n) is 3.79. The molecule has 0 atom stereocenters. The van der Waals surface area contributed by atoms with E-state index >= 15 is 0 Å². The van der Waals surface area contributed by atoms with E-state index < -0.39 is 17.7 Å². The first-order valence-electron chi connectivity index (χ1n) is 5.28. The van der Waals surface area contributed by atoms with Crippen molar-refractivity contribution < 1.29 is 22.7 Å². The van der Waals surface area contributed by atoms with Gasteiger partial charge >= 0.3 is 12.1 Å². The van der Waals surface area contributed by atoms with Gasteiger partial charge in [-0.05, 0) is 12.1 Å². The number of nitrogens with zero attached hydrogens (tertiary/aromatic N) is 1. The number of alkyl halides is 3. The summed E-state index contributed by atoms with van der Waals surface area (Å²) in [6, 6.07) is 5.97. The van der Waals surface area contributed by atoms with E-state index in [0.717, 1.165) is 12.1 Å². The van der Waals surface area contributed by atoms with Crippen LogP contribution in [0.3, 0.4) is 0 Å². The maximum Gasteiger partial charge on any atom is 0.416 e. The van der Waals surface area contributed by atoms with Gasteiger partial charge in [-0.3, -0.25) is 4.79 Å². The Morgan fingerprint density at radius 2 is 1.89 bits per heavy atom. The molecule has 0 saturated carbocycles. The Kier molecular flexibility index (Phi) is 3.28. The molecule has 0 unspecified atom stereocenters. The molecule has 0 fully saturated rings. The Labute approximate surface area is 106 Å². The molecule has 0 aliphatic heterocycles. The molecule has 0 spiro atoms. The highest BCUT2D eigenvalue weighted by atomic mass is 19.4. The first-order chi connectivity index (χ1) is 8.86. The van der Waals surface area contributed by atoms with Crippen LogP contribution in [0.25, 0.3) is 11.3 Å². The quantitative estimate of drug-likeness (QED) is 0.853. The lowest BCUT2D eigenvalue weighted by molar-refractivity contribution is -0.137. The van der Waals surface area contributed by atoms with Crippen LogP contribution in [0.2, 0.25) is 0 Å². The number of esters is 1. The molecule has 2 aromatic rings. The summed E-state index contributed by atoms with van der Waals surface area (Å²) in [5, 5.41) is 6.31. The van der Waals surface area contributed by atoms with E-state index in [1.165, 1.54) is 25.1 Å². The zero-order valence-electron chi connectivity index (χ0n) is 9.78. The van der Waals surface area contributed by atoms with Gasteiger partial charge in [0.15, 0.2) is 0 Å². The highest BCUT2D eigenvalue weighted by molar-refractivity contribution is 5.69. The summed E-state index contributed by atoms with van der Waals surface area (Å²) in [5.41, 5.74) is 0.152. The number of carbonyl (C=O) groups is 1. The first kappa shape index (κ1) is 13.1. The van der Waals surface area contributed by atoms with Gasteiger partial charge in [0, 0.05) is 18.6 Å². The smallest absolute Gasteiger partial charge is 0.408 e. The van der Waals surface area contributed by atoms with Crippen LogP contribution in [0.15, 0.2) is 30.3 Å². The molecule has 0 saturated heterocycles. The van der Waals surface area contributed by atoms with Crippen LogP contribution >= 0.6 is 0 Å². The lowest BCUT2D eigenvalue weighted by Crippen LogP contribution is -2.03. The molecule has 0 aliphatic rings. The molecule has 19 heavy (non-hydrogen) atoms. The molecule has 0 amide bonds. The van der Waals surface area contributed by atoms with E-state index in [0.29, 0.717) is 11.3 Å². The minimum Gasteiger partial charge on any atom is -0.408 e. The molecule has 1 aromatic heterocycles. The van der Waals surface area contributed by atoms with Crippen molar-refractivity contribution in [2.24, 2.45) is 0 Å². The Hall–Kier alpha value is -2.31. The molecular weight excluding hydrogens is 261 g/mol. The van der Waals surface area contributed by atoms with Gasteiger partial charge in [-0.25, -0.2) is 5.10 Å². The average Bonchev–Trinajstić information content (AvgIpc) is 2.75. The maximum atomic E-state index is 12.4. The van der Waals surface area contributed by atoms with Gasteiger partial charge in [0.2, 0.25) is 5.88 Å². The number of hydrogen-bond donors (Lipinski definition) is 1. The molecule has 0 radical (unpaired) electrons. The van der Waals surface area contributed by atoms with E-state index in [1.807, 2.05) is 0 Å². The number of hydrogen-bond acceptors (Lipinski definition) is 3. The van der Waals surface area contributed by atoms with Crippen molar-refractivity contribution in [2.75, 3.05) is 0 Å². The largest absolute Gasteiger partial charge is 0.416 e. The van der Waals surface area contributed by atoms with Crippen molar-refractivity contribution in [1.82, 2.24) is 10.2 Å². The van der Waals surface area contributed by atoms with Crippen molar-refractivity contribution >= 4 is 5.97 Å². The van der Waals surface area contributed by atoms with Crippen molar-refractivity contribution in [3.63, 3.8) is 0 Å². The van der Waals surface area contributed by atoms with Crippen LogP contribution in [0, 0.1) is 0 Å². The zero-order valence-corrected chi connectivity index (χ0v) is 9.78. The van der Waals surface area contributed by atoms with Crippen LogP contribution in [0.1, 0.15) is 12.5 Å². The van der Waals surface area contributed by atoms with Gasteiger partial charge < -0.3 is 4.74 Å². The van der Waals surface area contributed by atoms with Gasteiger partial charge in [0.25, 0.3) is 0 Å². The van der Waals surface area contributed by atoms with Crippen molar-refractivity contribution in [3.8, 4) is 17.1 Å². The number of carbonyl (C=O) groups excluding carboxylic acids is 1. The summed E-state index contributed by atoms with van der Waals surface area (Å²) in [5.74, 6) is -0.370. The molecule has 4 nitrogen and oxygen atoms in total. The summed E-state index contributed by atoms with van der Waals surface area (Å²) in [4.78, 5) is 10.7. The summed E-state index contributed by atoms with van der Waals surface area (Å²) < 4.78 is 41.9. The third-order valence-electron chi connectivity index (χ3n) is 2.32. The van der Waals surface area contributed by atoms with Crippen LogP contribution in [-0.2, 0) is 11.0 Å². The molecule has 1 N–H and O–H groups in total. The third kappa shape index (κ3) is 3.12. The number of halogens is 3. The van der Waals surface area contributed by atoms with Gasteiger partial charge in [-0.2, -0.15) is 18.3 Å². The fourth-order valence-corrected chi connectivity index (χ4v) is 1.49. The Morgan fingerprint density at radius 1 is 1.26 bits per heavy atom. The van der Waals surface area contributed by atoms with E-state index in [4.69, 9.17) is 4.74 Å². The van der Waals surface area contributed by atoms with Gasteiger partial charge in [0.05, 0.1) is 11.3 Å². The lowest BCUT2D eigenvalue weighted by atomic mass is 10.1. The molecule has 2 rings (SSSR count). The van der Waals surface area contributed by atoms with E-state index in [-0.39, 0.29) is 5.88 Å². The number of benzene rings is 1. The zero-order chi connectivity index (χ0) is 14.0. The van der Waals surface area contributed by atoms with Gasteiger partial charge in [-0.15, -0.1) is 0 Å². The molecular formula is C12H9F3N2O2. The second-order valence-corrected chi connectivity index (χ2v) is 3.79. The van der Waals surface area contributed by atoms with Crippen LogP contribution in [0.4, 0.5) is 13.2 Å². The monoisotopic (exact) mass is 270 g/mol. The Bertz CT molecular complexity index is 588. The summed E-state index contributed by atoms with van der Waals surface area (Å²) in [6.07, 6.45) is -4.37. The van der Waals surface area contributed by atoms with Crippen LogP contribution in [0.5, 0.6) is 5.88 Å². The third-order valence-corrected chi connectivity index (χ3v) is 2.32. The minimum absolute atomic E-state index is 0.141. The maximum absolute atomic E-state index is 12.4. The Morgan fingerprint density at radius 3 is 2.42 bits per heavy atom. The van der Waals surface area contributed by atoms with E-state index in [1.54, 1.807) is 0 Å². The number of H-pyrrole nitrogens is 1.